The van der Waals surface area contributed by atoms with Crippen LogP contribution in [-0.2, 0) is 4.79 Å². The van der Waals surface area contributed by atoms with Crippen LogP contribution in [0.15, 0.2) is 24.3 Å². The lowest BCUT2D eigenvalue weighted by molar-refractivity contribution is -0.146. The predicted molar refractivity (Wildman–Crippen MR) is 118 cm³/mol. The normalized spacial score (nSPS) is 12.0. The summed E-state index contributed by atoms with van der Waals surface area (Å²) in [5.41, 5.74) is 0.300. The number of hydrogen-bond donors (Lipinski definition) is 3. The molecule has 0 aliphatic heterocycles. The Bertz CT molecular complexity index is 732. The summed E-state index contributed by atoms with van der Waals surface area (Å²) < 4.78 is 8.60. The van der Waals surface area contributed by atoms with Crippen molar-refractivity contribution in [1.82, 2.24) is 0 Å². The molecule has 2 rings (SSSR count). The Hall–Kier alpha value is 0.390. The fraction of sp³-hybridized carbons (Fsp3) is 0.0714. The molecule has 9 heteroatoms. The number of halogens is 4. The Morgan fingerprint density at radius 3 is 1.87 bits per heavy atom. The van der Waals surface area contributed by atoms with Crippen molar-refractivity contribution < 1.29 is 24.9 Å². The van der Waals surface area contributed by atoms with E-state index in [2.05, 4.69) is 0 Å². The molecule has 0 amide bonds. The van der Waals surface area contributed by atoms with E-state index in [-0.39, 0.29) is 5.75 Å². The Balaban J connectivity index is 2.40. The number of aliphatic hydroxyl groups excluding tert-OH is 1. The molecule has 0 aromatic heterocycles. The summed E-state index contributed by atoms with van der Waals surface area (Å²) in [5, 5.41) is 28.3. The van der Waals surface area contributed by atoms with Gasteiger partial charge in [0.15, 0.2) is 11.9 Å². The van der Waals surface area contributed by atoms with Crippen molar-refractivity contribution in [3.63, 3.8) is 0 Å². The minimum Gasteiger partial charge on any atom is -0.506 e. The molecule has 0 heterocycles. The van der Waals surface area contributed by atoms with E-state index in [4.69, 9.17) is 9.84 Å². The maximum Gasteiger partial charge on any atom is 0.337 e. The van der Waals surface area contributed by atoms with Crippen LogP contribution in [0.25, 0.3) is 0 Å². The zero-order chi connectivity index (χ0) is 17.3. The molecule has 3 N–H and O–H groups in total. The van der Waals surface area contributed by atoms with Crippen LogP contribution in [0.1, 0.15) is 11.7 Å². The molecule has 5 nitrogen and oxygen atoms in total. The Labute approximate surface area is 186 Å². The van der Waals surface area contributed by atoms with E-state index in [0.29, 0.717) is 31.3 Å². The second-order valence-corrected chi connectivity index (χ2v) is 9.04. The van der Waals surface area contributed by atoms with E-state index in [1.807, 2.05) is 90.4 Å². The van der Waals surface area contributed by atoms with Crippen LogP contribution < -0.4 is 4.74 Å². The SMILES string of the molecule is O=C(O)[C@@H](O)c1cc(I)c(Oc2cc(I)c(O)c(I)c2)c(I)c1. The van der Waals surface area contributed by atoms with Gasteiger partial charge in [-0.05, 0) is 120 Å². The summed E-state index contributed by atoms with van der Waals surface area (Å²) in [6.45, 7) is 0. The van der Waals surface area contributed by atoms with Gasteiger partial charge in [0.2, 0.25) is 0 Å². The molecule has 0 aliphatic carbocycles. The summed E-state index contributed by atoms with van der Waals surface area (Å²) in [6, 6.07) is 6.58. The standard InChI is InChI=1S/C14H8I4O5/c15-7-3-6(4-8(16)12(7)20)23-13-9(17)1-5(2-10(13)18)11(19)14(21)22/h1-4,11,19-20H,(H,21,22)/t11-/m0/s1. The first kappa shape index (κ1) is 19.7. The number of aliphatic carboxylic acids is 1. The number of ether oxygens (including phenoxy) is 1. The van der Waals surface area contributed by atoms with Crippen LogP contribution >= 0.6 is 90.4 Å². The number of benzene rings is 2. The third-order valence-corrected chi connectivity index (χ3v) is 6.03. The fourth-order valence-corrected chi connectivity index (χ4v) is 5.44. The smallest absolute Gasteiger partial charge is 0.337 e. The summed E-state index contributed by atoms with van der Waals surface area (Å²) in [7, 11) is 0. The average molecular weight is 764 g/mol. The third kappa shape index (κ3) is 4.72. The highest BCUT2D eigenvalue weighted by Crippen LogP contribution is 2.37. The maximum atomic E-state index is 10.9. The summed E-state index contributed by atoms with van der Waals surface area (Å²) in [5.74, 6) is 0.0552. The first-order chi connectivity index (χ1) is 10.7. The molecule has 0 spiro atoms. The molecule has 2 aromatic carbocycles. The number of carboxylic acids is 1. The maximum absolute atomic E-state index is 10.9. The van der Waals surface area contributed by atoms with Crippen LogP contribution in [0.5, 0.6) is 17.2 Å². The van der Waals surface area contributed by atoms with Crippen LogP contribution in [0, 0.1) is 14.3 Å². The van der Waals surface area contributed by atoms with E-state index in [1.54, 1.807) is 24.3 Å². The minimum atomic E-state index is -1.57. The molecule has 122 valence electrons. The van der Waals surface area contributed by atoms with Crippen molar-refractivity contribution in [3.05, 3.63) is 44.1 Å². The van der Waals surface area contributed by atoms with Gasteiger partial charge in [-0.25, -0.2) is 4.79 Å². The van der Waals surface area contributed by atoms with Gasteiger partial charge in [-0.2, -0.15) is 0 Å². The first-order valence-electron chi connectivity index (χ1n) is 5.96. The third-order valence-electron chi connectivity index (χ3n) is 2.78. The lowest BCUT2D eigenvalue weighted by Crippen LogP contribution is -2.11. The fourth-order valence-electron chi connectivity index (χ4n) is 1.70. The average Bonchev–Trinajstić information content (AvgIpc) is 2.47. The van der Waals surface area contributed by atoms with E-state index in [0.717, 1.165) is 0 Å². The van der Waals surface area contributed by atoms with E-state index in [1.165, 1.54) is 0 Å². The van der Waals surface area contributed by atoms with Gasteiger partial charge >= 0.3 is 5.97 Å². The van der Waals surface area contributed by atoms with Gasteiger partial charge in [-0.1, -0.05) is 0 Å². The topological polar surface area (TPSA) is 87.0 Å². The van der Waals surface area contributed by atoms with Crippen molar-refractivity contribution in [1.29, 1.82) is 0 Å². The molecule has 23 heavy (non-hydrogen) atoms. The monoisotopic (exact) mass is 764 g/mol. The molecule has 0 saturated heterocycles. The number of hydrogen-bond acceptors (Lipinski definition) is 4. The van der Waals surface area contributed by atoms with Gasteiger partial charge in [0.1, 0.15) is 11.5 Å². The summed E-state index contributed by atoms with van der Waals surface area (Å²) >= 11 is 8.10. The Morgan fingerprint density at radius 2 is 1.43 bits per heavy atom. The van der Waals surface area contributed by atoms with Crippen LogP contribution in [0.3, 0.4) is 0 Å². The second-order valence-electron chi connectivity index (χ2n) is 4.39. The van der Waals surface area contributed by atoms with Gasteiger partial charge in [-0.15, -0.1) is 0 Å². The van der Waals surface area contributed by atoms with Crippen molar-refractivity contribution >= 4 is 96.3 Å². The molecule has 0 bridgehead atoms. The van der Waals surface area contributed by atoms with E-state index < -0.39 is 12.1 Å². The largest absolute Gasteiger partial charge is 0.506 e. The second kappa shape index (κ2) is 8.18. The lowest BCUT2D eigenvalue weighted by Gasteiger charge is -2.14. The first-order valence-corrected chi connectivity index (χ1v) is 10.3. The quantitative estimate of drug-likeness (QED) is 0.393. The van der Waals surface area contributed by atoms with Crippen molar-refractivity contribution in [2.45, 2.75) is 6.10 Å². The number of carboxylic acid groups (broad SMARTS) is 1. The highest BCUT2D eigenvalue weighted by atomic mass is 127. The van der Waals surface area contributed by atoms with E-state index in [9.17, 15) is 15.0 Å². The molecule has 0 unspecified atom stereocenters. The molecule has 0 aliphatic rings. The van der Waals surface area contributed by atoms with Crippen LogP contribution in [-0.4, -0.2) is 21.3 Å². The van der Waals surface area contributed by atoms with Crippen LogP contribution in [0.4, 0.5) is 0 Å². The van der Waals surface area contributed by atoms with E-state index >= 15 is 0 Å². The highest BCUT2D eigenvalue weighted by molar-refractivity contribution is 14.1. The molecular formula is C14H8I4O5. The number of rotatable bonds is 4. The molecule has 1 atom stereocenters. The molecule has 2 aromatic rings. The number of phenols is 1. The van der Waals surface area contributed by atoms with Gasteiger partial charge in [0.05, 0.1) is 14.3 Å². The number of aliphatic hydroxyl groups is 1. The minimum absolute atomic E-state index is 0.211. The number of aromatic hydroxyl groups is 1. The lowest BCUT2D eigenvalue weighted by atomic mass is 10.1. The van der Waals surface area contributed by atoms with Crippen molar-refractivity contribution in [2.24, 2.45) is 0 Å². The van der Waals surface area contributed by atoms with Crippen LogP contribution in [0.2, 0.25) is 0 Å². The molecule has 0 radical (unpaired) electrons. The highest BCUT2D eigenvalue weighted by Gasteiger charge is 2.20. The van der Waals surface area contributed by atoms with Gasteiger partial charge in [0.25, 0.3) is 0 Å². The zero-order valence-electron chi connectivity index (χ0n) is 11.1. The van der Waals surface area contributed by atoms with Gasteiger partial charge in [-0.3, -0.25) is 0 Å². The zero-order valence-corrected chi connectivity index (χ0v) is 19.7. The number of carbonyl (C=O) groups is 1. The number of phenolic OH excluding ortho intramolecular Hbond substituents is 1. The molecule has 0 saturated carbocycles. The molecule has 0 fully saturated rings. The Morgan fingerprint density at radius 1 is 0.957 bits per heavy atom. The van der Waals surface area contributed by atoms with Crippen molar-refractivity contribution in [2.75, 3.05) is 0 Å². The Kier molecular flexibility index (Phi) is 7.01. The predicted octanol–water partition coefficient (Wildman–Crippen LogP) is 4.72. The van der Waals surface area contributed by atoms with Gasteiger partial charge in [0, 0.05) is 0 Å². The molecular weight excluding hydrogens is 756 g/mol. The summed E-state index contributed by atoms with van der Waals surface area (Å²) in [4.78, 5) is 10.9. The van der Waals surface area contributed by atoms with Crippen molar-refractivity contribution in [3.8, 4) is 17.2 Å². The van der Waals surface area contributed by atoms with Gasteiger partial charge < -0.3 is 20.1 Å². The summed E-state index contributed by atoms with van der Waals surface area (Å²) in [6.07, 6.45) is -1.57.